The molecule has 0 aliphatic carbocycles. The molecule has 6 heteroatoms. The molecule has 1 aliphatic heterocycles. The number of furan rings is 2. The second-order valence-electron chi connectivity index (χ2n) is 6.45. The van der Waals surface area contributed by atoms with Crippen LogP contribution in [0.5, 0.6) is 0 Å². The molecule has 3 rings (SSSR count). The number of amides is 1. The van der Waals surface area contributed by atoms with Crippen LogP contribution < -0.4 is 0 Å². The van der Waals surface area contributed by atoms with Gasteiger partial charge in [0.25, 0.3) is 5.91 Å². The van der Waals surface area contributed by atoms with Crippen LogP contribution in [0, 0.1) is 12.8 Å². The highest BCUT2D eigenvalue weighted by atomic mass is 16.4. The summed E-state index contributed by atoms with van der Waals surface area (Å²) in [6.07, 6.45) is 4.49. The number of aliphatic carboxylic acids is 1. The number of rotatable bonds is 4. The second-order valence-corrected chi connectivity index (χ2v) is 6.45. The first-order valence-electron chi connectivity index (χ1n) is 8.10. The molecule has 2 atom stereocenters. The van der Waals surface area contributed by atoms with Gasteiger partial charge in [-0.2, -0.15) is 0 Å². The zero-order chi connectivity index (χ0) is 17.3. The number of carbonyl (C=O) groups is 2. The molecule has 2 aromatic rings. The van der Waals surface area contributed by atoms with Crippen LogP contribution in [-0.4, -0.2) is 28.4 Å². The first-order valence-corrected chi connectivity index (χ1v) is 8.10. The first-order chi connectivity index (χ1) is 11.5. The predicted octanol–water partition coefficient (Wildman–Crippen LogP) is 3.42. The van der Waals surface area contributed by atoms with Gasteiger partial charge in [0.15, 0.2) is 0 Å². The average Bonchev–Trinajstić information content (AvgIpc) is 3.16. The topological polar surface area (TPSA) is 83.9 Å². The lowest BCUT2D eigenvalue weighted by atomic mass is 9.90. The maximum Gasteiger partial charge on any atom is 0.311 e. The van der Waals surface area contributed by atoms with Crippen LogP contribution in [-0.2, 0) is 11.2 Å². The van der Waals surface area contributed by atoms with Gasteiger partial charge in [-0.05, 0) is 37.8 Å². The maximum absolute atomic E-state index is 13.1. The number of aryl methyl sites for hydroxylation is 1. The lowest BCUT2D eigenvalue weighted by molar-refractivity contribution is -0.136. The summed E-state index contributed by atoms with van der Waals surface area (Å²) < 4.78 is 10.8. The van der Waals surface area contributed by atoms with Gasteiger partial charge in [0.05, 0.1) is 24.1 Å². The van der Waals surface area contributed by atoms with Crippen LogP contribution in [0.15, 0.2) is 33.5 Å². The van der Waals surface area contributed by atoms with Gasteiger partial charge in [0, 0.05) is 12.1 Å². The molecular weight excluding hydrogens is 310 g/mol. The minimum atomic E-state index is -1.02. The Labute approximate surface area is 140 Å². The van der Waals surface area contributed by atoms with Crippen molar-refractivity contribution in [3.63, 3.8) is 0 Å². The average molecular weight is 331 g/mol. The third kappa shape index (κ3) is 3.09. The summed E-state index contributed by atoms with van der Waals surface area (Å²) in [6, 6.07) is 3.56. The monoisotopic (exact) mass is 331 g/mol. The molecule has 1 N–H and O–H groups in total. The lowest BCUT2D eigenvalue weighted by Crippen LogP contribution is -2.41. The molecule has 1 aliphatic rings. The normalized spacial score (nSPS) is 21.0. The van der Waals surface area contributed by atoms with Crippen LogP contribution in [0.3, 0.4) is 0 Å². The van der Waals surface area contributed by atoms with E-state index in [1.54, 1.807) is 18.1 Å². The Hall–Kier alpha value is -2.50. The van der Waals surface area contributed by atoms with Crippen LogP contribution in [0.4, 0.5) is 0 Å². The van der Waals surface area contributed by atoms with E-state index in [4.69, 9.17) is 13.9 Å². The number of carboxylic acid groups (broad SMARTS) is 1. The van der Waals surface area contributed by atoms with E-state index in [0.29, 0.717) is 23.6 Å². The Morgan fingerprint density at radius 2 is 2.17 bits per heavy atom. The molecule has 128 valence electrons. The van der Waals surface area contributed by atoms with Crippen LogP contribution >= 0.6 is 0 Å². The third-order valence-corrected chi connectivity index (χ3v) is 4.57. The summed E-state index contributed by atoms with van der Waals surface area (Å²) in [6.45, 7) is 4.54. The minimum Gasteiger partial charge on any atom is -0.481 e. The Morgan fingerprint density at radius 1 is 1.38 bits per heavy atom. The molecule has 0 radical (unpaired) electrons. The van der Waals surface area contributed by atoms with Gasteiger partial charge in [-0.25, -0.2) is 0 Å². The first kappa shape index (κ1) is 16.4. The fourth-order valence-corrected chi connectivity index (χ4v) is 3.33. The summed E-state index contributed by atoms with van der Waals surface area (Å²) in [4.78, 5) is 25.9. The molecule has 0 bridgehead atoms. The molecule has 0 aromatic carbocycles. The Kier molecular flexibility index (Phi) is 4.46. The van der Waals surface area contributed by atoms with Crippen molar-refractivity contribution in [1.82, 2.24) is 4.90 Å². The van der Waals surface area contributed by atoms with Crippen LogP contribution in [0.1, 0.15) is 53.2 Å². The highest BCUT2D eigenvalue weighted by Crippen LogP contribution is 2.36. The number of carboxylic acids is 1. The maximum atomic E-state index is 13.1. The molecule has 1 fully saturated rings. The highest BCUT2D eigenvalue weighted by molar-refractivity contribution is 5.97. The molecule has 1 amide bonds. The number of hydrogen-bond acceptors (Lipinski definition) is 4. The highest BCUT2D eigenvalue weighted by Gasteiger charge is 2.35. The Morgan fingerprint density at radius 3 is 2.83 bits per heavy atom. The molecule has 6 nitrogen and oxygen atoms in total. The molecule has 24 heavy (non-hydrogen) atoms. The van der Waals surface area contributed by atoms with E-state index in [-0.39, 0.29) is 24.1 Å². The molecule has 1 saturated heterocycles. The quantitative estimate of drug-likeness (QED) is 0.928. The van der Waals surface area contributed by atoms with Crippen molar-refractivity contribution in [2.24, 2.45) is 5.92 Å². The Bertz CT molecular complexity index is 731. The van der Waals surface area contributed by atoms with Crippen molar-refractivity contribution in [1.29, 1.82) is 0 Å². The van der Waals surface area contributed by atoms with Gasteiger partial charge < -0.3 is 18.8 Å². The van der Waals surface area contributed by atoms with Gasteiger partial charge in [-0.1, -0.05) is 6.92 Å². The second kappa shape index (κ2) is 6.55. The Balaban J connectivity index is 1.93. The van der Waals surface area contributed by atoms with Crippen molar-refractivity contribution in [3.8, 4) is 0 Å². The van der Waals surface area contributed by atoms with Gasteiger partial charge in [0.2, 0.25) is 0 Å². The smallest absolute Gasteiger partial charge is 0.311 e. The largest absolute Gasteiger partial charge is 0.481 e. The van der Waals surface area contributed by atoms with E-state index >= 15 is 0 Å². The third-order valence-electron chi connectivity index (χ3n) is 4.57. The van der Waals surface area contributed by atoms with Gasteiger partial charge in [0.1, 0.15) is 17.9 Å². The van der Waals surface area contributed by atoms with Crippen LogP contribution in [0.2, 0.25) is 0 Å². The van der Waals surface area contributed by atoms with Gasteiger partial charge in [-0.15, -0.1) is 0 Å². The van der Waals surface area contributed by atoms with E-state index < -0.39 is 5.97 Å². The molecule has 3 heterocycles. The summed E-state index contributed by atoms with van der Waals surface area (Å²) in [5.74, 6) is 0.254. The van der Waals surface area contributed by atoms with E-state index in [2.05, 4.69) is 6.92 Å². The van der Waals surface area contributed by atoms with E-state index in [1.165, 1.54) is 6.26 Å². The molecule has 0 spiro atoms. The van der Waals surface area contributed by atoms with Crippen molar-refractivity contribution < 1.29 is 23.5 Å². The fourth-order valence-electron chi connectivity index (χ4n) is 3.33. The number of likely N-dealkylation sites (tertiary alicyclic amines) is 1. The van der Waals surface area contributed by atoms with Gasteiger partial charge >= 0.3 is 5.97 Å². The van der Waals surface area contributed by atoms with E-state index in [0.717, 1.165) is 18.6 Å². The molecule has 2 unspecified atom stereocenters. The summed E-state index contributed by atoms with van der Waals surface area (Å²) >= 11 is 0. The standard InChI is InChI=1S/C18H21NO5/c1-11-5-6-19(13(8-11)14-4-3-7-23-14)18(22)17-12(2)10-24-15(17)9-16(20)21/h3-4,7,10-11,13H,5-6,8-9H2,1-2H3,(H,20,21). The van der Waals surface area contributed by atoms with Crippen molar-refractivity contribution in [2.45, 2.75) is 39.2 Å². The summed E-state index contributed by atoms with van der Waals surface area (Å²) in [7, 11) is 0. The summed E-state index contributed by atoms with van der Waals surface area (Å²) in [5.41, 5.74) is 1.02. The number of piperidine rings is 1. The van der Waals surface area contributed by atoms with Crippen molar-refractivity contribution >= 4 is 11.9 Å². The van der Waals surface area contributed by atoms with E-state index in [1.807, 2.05) is 12.1 Å². The molecule has 2 aromatic heterocycles. The number of carbonyl (C=O) groups excluding carboxylic acids is 1. The van der Waals surface area contributed by atoms with E-state index in [9.17, 15) is 9.59 Å². The van der Waals surface area contributed by atoms with Crippen LogP contribution in [0.25, 0.3) is 0 Å². The van der Waals surface area contributed by atoms with Crippen molar-refractivity contribution in [3.05, 3.63) is 47.3 Å². The predicted molar refractivity (Wildman–Crippen MR) is 85.7 cm³/mol. The SMILES string of the molecule is Cc1coc(CC(=O)O)c1C(=O)N1CCC(C)CC1c1ccco1. The summed E-state index contributed by atoms with van der Waals surface area (Å²) in [5, 5.41) is 9.03. The lowest BCUT2D eigenvalue weighted by Gasteiger charge is -2.37. The number of hydrogen-bond donors (Lipinski definition) is 1. The molecule has 0 saturated carbocycles. The zero-order valence-electron chi connectivity index (χ0n) is 13.8. The molecular formula is C18H21NO5. The zero-order valence-corrected chi connectivity index (χ0v) is 13.8. The van der Waals surface area contributed by atoms with Gasteiger partial charge in [-0.3, -0.25) is 9.59 Å². The van der Waals surface area contributed by atoms with Crippen molar-refractivity contribution in [2.75, 3.05) is 6.54 Å². The fraction of sp³-hybridized carbons (Fsp3) is 0.444. The number of nitrogens with zero attached hydrogens (tertiary/aromatic N) is 1. The minimum absolute atomic E-state index is 0.136.